The number of aryl methyl sites for hydroxylation is 1. The Kier molecular flexibility index (Phi) is 8.86. The maximum absolute atomic E-state index is 15.8. The predicted molar refractivity (Wildman–Crippen MR) is 176 cm³/mol. The number of likely N-dealkylation sites (tertiary alicyclic amines) is 1. The Balaban J connectivity index is 1.33. The van der Waals surface area contributed by atoms with Gasteiger partial charge in [-0.2, -0.15) is 10.1 Å². The lowest BCUT2D eigenvalue weighted by atomic mass is 9.85. The molecule has 3 heterocycles. The van der Waals surface area contributed by atoms with Crippen LogP contribution in [0, 0.1) is 0 Å². The van der Waals surface area contributed by atoms with Crippen LogP contribution in [-0.2, 0) is 25.0 Å². The highest BCUT2D eigenvalue weighted by Crippen LogP contribution is 2.45. The minimum Gasteiger partial charge on any atom is -0.473 e. The standard InChI is InChI=1S/C37H38F2N4O4/c1-36(2,3)47-35(44)43-21-20-30(37(38,39)24-43)27-16-11-17-28-32(41-42(4)33(27)28)29-18-19-31(45-22-25-12-7-5-8-13-25)40-34(29)46-23-26-14-9-6-10-15-26/h5-19,30H,20-24H2,1-4H3. The zero-order chi connectivity index (χ0) is 33.2. The van der Waals surface area contributed by atoms with E-state index in [1.54, 1.807) is 50.7 Å². The lowest BCUT2D eigenvalue weighted by Crippen LogP contribution is -2.51. The number of para-hydroxylation sites is 1. The highest BCUT2D eigenvalue weighted by molar-refractivity contribution is 5.96. The lowest BCUT2D eigenvalue weighted by Gasteiger charge is -2.39. The molecule has 1 saturated heterocycles. The van der Waals surface area contributed by atoms with Crippen molar-refractivity contribution in [3.05, 3.63) is 108 Å². The topological polar surface area (TPSA) is 78.7 Å². The average molecular weight is 641 g/mol. The molecule has 0 saturated carbocycles. The van der Waals surface area contributed by atoms with Crippen LogP contribution >= 0.6 is 0 Å². The summed E-state index contributed by atoms with van der Waals surface area (Å²) < 4.78 is 50.9. The number of rotatable bonds is 8. The van der Waals surface area contributed by atoms with E-state index in [2.05, 4.69) is 0 Å². The summed E-state index contributed by atoms with van der Waals surface area (Å²) >= 11 is 0. The predicted octanol–water partition coefficient (Wildman–Crippen LogP) is 8.15. The number of nitrogens with zero attached hydrogens (tertiary/aromatic N) is 4. The summed E-state index contributed by atoms with van der Waals surface area (Å²) in [5.74, 6) is -3.59. The molecular formula is C37H38F2N4O4. The molecule has 0 aliphatic carbocycles. The largest absolute Gasteiger partial charge is 0.473 e. The van der Waals surface area contributed by atoms with Gasteiger partial charge in [0.05, 0.1) is 23.5 Å². The van der Waals surface area contributed by atoms with E-state index in [-0.39, 0.29) is 19.6 Å². The molecule has 0 spiro atoms. The van der Waals surface area contributed by atoms with Gasteiger partial charge in [0.2, 0.25) is 11.8 Å². The van der Waals surface area contributed by atoms with Gasteiger partial charge in [0.1, 0.15) is 24.5 Å². The fraction of sp³-hybridized carbons (Fsp3) is 0.324. The fourth-order valence-corrected chi connectivity index (χ4v) is 5.90. The monoisotopic (exact) mass is 640 g/mol. The van der Waals surface area contributed by atoms with Crippen LogP contribution in [-0.4, -0.2) is 50.4 Å². The molecule has 1 atom stereocenters. The Labute approximate surface area is 272 Å². The molecule has 2 aromatic heterocycles. The molecule has 1 unspecified atom stereocenters. The molecule has 244 valence electrons. The van der Waals surface area contributed by atoms with Gasteiger partial charge in [-0.3, -0.25) is 4.68 Å². The summed E-state index contributed by atoms with van der Waals surface area (Å²) in [4.78, 5) is 18.4. The Morgan fingerprint density at radius 2 is 1.55 bits per heavy atom. The molecule has 1 aliphatic heterocycles. The van der Waals surface area contributed by atoms with Gasteiger partial charge in [0, 0.05) is 25.0 Å². The maximum atomic E-state index is 15.8. The number of hydrogen-bond donors (Lipinski definition) is 0. The Morgan fingerprint density at radius 3 is 2.19 bits per heavy atom. The van der Waals surface area contributed by atoms with Crippen LogP contribution in [0.1, 0.15) is 49.8 Å². The number of carbonyl (C=O) groups is 1. The van der Waals surface area contributed by atoms with Gasteiger partial charge in [-0.1, -0.05) is 78.9 Å². The molecule has 8 nitrogen and oxygen atoms in total. The van der Waals surface area contributed by atoms with E-state index in [4.69, 9.17) is 24.3 Å². The zero-order valence-electron chi connectivity index (χ0n) is 27.0. The van der Waals surface area contributed by atoms with Crippen molar-refractivity contribution in [2.45, 2.75) is 57.8 Å². The average Bonchev–Trinajstić information content (AvgIpc) is 3.39. The van der Waals surface area contributed by atoms with Crippen molar-refractivity contribution in [1.29, 1.82) is 0 Å². The molecule has 3 aromatic carbocycles. The number of fused-ring (bicyclic) bond motifs is 1. The van der Waals surface area contributed by atoms with Crippen LogP contribution in [0.15, 0.2) is 91.0 Å². The quantitative estimate of drug-likeness (QED) is 0.170. The second-order valence-corrected chi connectivity index (χ2v) is 12.8. The van der Waals surface area contributed by atoms with Crippen molar-refractivity contribution >= 4 is 17.0 Å². The summed E-state index contributed by atoms with van der Waals surface area (Å²) in [6.45, 7) is 5.19. The first-order valence-corrected chi connectivity index (χ1v) is 15.6. The molecule has 0 N–H and O–H groups in total. The third kappa shape index (κ3) is 7.21. The normalized spacial score (nSPS) is 16.2. The molecule has 6 rings (SSSR count). The number of alkyl halides is 2. The number of piperidine rings is 1. The summed E-state index contributed by atoms with van der Waals surface area (Å²) in [7, 11) is 1.75. The van der Waals surface area contributed by atoms with Crippen LogP contribution in [0.3, 0.4) is 0 Å². The van der Waals surface area contributed by atoms with E-state index in [0.29, 0.717) is 46.1 Å². The molecular weight excluding hydrogens is 602 g/mol. The lowest BCUT2D eigenvalue weighted by molar-refractivity contribution is -0.0846. The number of ether oxygens (including phenoxy) is 3. The molecule has 0 radical (unpaired) electrons. The third-order valence-corrected chi connectivity index (χ3v) is 8.06. The van der Waals surface area contributed by atoms with Crippen molar-refractivity contribution in [2.24, 2.45) is 7.05 Å². The molecule has 0 bridgehead atoms. The van der Waals surface area contributed by atoms with Gasteiger partial charge < -0.3 is 19.1 Å². The zero-order valence-corrected chi connectivity index (χ0v) is 27.0. The van der Waals surface area contributed by atoms with Crippen molar-refractivity contribution in [3.63, 3.8) is 0 Å². The molecule has 10 heteroatoms. The first-order valence-electron chi connectivity index (χ1n) is 15.6. The Bertz CT molecular complexity index is 1860. The highest BCUT2D eigenvalue weighted by Gasteiger charge is 2.48. The third-order valence-electron chi connectivity index (χ3n) is 8.06. The number of benzene rings is 3. The van der Waals surface area contributed by atoms with Gasteiger partial charge >= 0.3 is 6.09 Å². The molecule has 1 aliphatic rings. The van der Waals surface area contributed by atoms with Crippen LogP contribution in [0.2, 0.25) is 0 Å². The summed E-state index contributed by atoms with van der Waals surface area (Å²) in [5, 5.41) is 5.51. The second-order valence-electron chi connectivity index (χ2n) is 12.8. The second kappa shape index (κ2) is 13.0. The summed E-state index contributed by atoms with van der Waals surface area (Å²) in [5.41, 5.74) is 3.43. The van der Waals surface area contributed by atoms with E-state index in [9.17, 15) is 4.79 Å². The molecule has 47 heavy (non-hydrogen) atoms. The summed E-state index contributed by atoms with van der Waals surface area (Å²) in [6, 6.07) is 28.5. The number of carbonyl (C=O) groups excluding carboxylic acids is 1. The first-order chi connectivity index (χ1) is 22.5. The molecule has 1 amide bonds. The minimum atomic E-state index is -3.18. The number of hydrogen-bond acceptors (Lipinski definition) is 6. The number of halogens is 2. The Morgan fingerprint density at radius 1 is 0.894 bits per heavy atom. The maximum Gasteiger partial charge on any atom is 0.410 e. The van der Waals surface area contributed by atoms with E-state index >= 15 is 8.78 Å². The van der Waals surface area contributed by atoms with Gasteiger partial charge in [-0.15, -0.1) is 0 Å². The van der Waals surface area contributed by atoms with Gasteiger partial charge in [-0.25, -0.2) is 13.6 Å². The SMILES string of the molecule is Cn1nc(-c2ccc(OCc3ccccc3)nc2OCc2ccccc2)c2cccc(C3CCN(C(=O)OC(C)(C)C)CC3(F)F)c21. The van der Waals surface area contributed by atoms with Crippen LogP contribution in [0.5, 0.6) is 11.8 Å². The van der Waals surface area contributed by atoms with Crippen LogP contribution in [0.25, 0.3) is 22.2 Å². The van der Waals surface area contributed by atoms with E-state index < -0.39 is 30.1 Å². The van der Waals surface area contributed by atoms with Crippen molar-refractivity contribution in [1.82, 2.24) is 19.7 Å². The Hall–Kier alpha value is -4.99. The van der Waals surface area contributed by atoms with Crippen LogP contribution in [0.4, 0.5) is 13.6 Å². The van der Waals surface area contributed by atoms with E-state index in [0.717, 1.165) is 16.0 Å². The minimum absolute atomic E-state index is 0.0757. The number of amides is 1. The fourth-order valence-electron chi connectivity index (χ4n) is 5.90. The van der Waals surface area contributed by atoms with Gasteiger partial charge in [-0.05, 0) is 49.9 Å². The smallest absolute Gasteiger partial charge is 0.410 e. The molecule has 5 aromatic rings. The van der Waals surface area contributed by atoms with Crippen molar-refractivity contribution in [2.75, 3.05) is 13.1 Å². The summed E-state index contributed by atoms with van der Waals surface area (Å²) in [6.07, 6.45) is -0.657. The van der Waals surface area contributed by atoms with Gasteiger partial charge in [0.25, 0.3) is 5.92 Å². The van der Waals surface area contributed by atoms with E-state index in [1.165, 1.54) is 0 Å². The van der Waals surface area contributed by atoms with E-state index in [1.807, 2.05) is 72.8 Å². The molecule has 1 fully saturated rings. The van der Waals surface area contributed by atoms with Crippen molar-refractivity contribution in [3.8, 4) is 23.0 Å². The highest BCUT2D eigenvalue weighted by atomic mass is 19.3. The number of pyridine rings is 1. The van der Waals surface area contributed by atoms with Gasteiger partial charge in [0.15, 0.2) is 0 Å². The number of aromatic nitrogens is 3. The van der Waals surface area contributed by atoms with Crippen LogP contribution < -0.4 is 9.47 Å². The first kappa shape index (κ1) is 32.0. The van der Waals surface area contributed by atoms with Crippen molar-refractivity contribution < 1.29 is 27.8 Å².